The molecule has 0 aromatic heterocycles. The highest BCUT2D eigenvalue weighted by Gasteiger charge is 1.98. The van der Waals surface area contributed by atoms with Gasteiger partial charge in [0.15, 0.2) is 0 Å². The van der Waals surface area contributed by atoms with Gasteiger partial charge in [-0.3, -0.25) is 0 Å². The highest BCUT2D eigenvalue weighted by molar-refractivity contribution is 5.26. The van der Waals surface area contributed by atoms with Crippen molar-refractivity contribution in [2.75, 3.05) is 13.1 Å². The Bertz CT molecular complexity index is 260. The Hall–Kier alpha value is -0.900. The molecule has 78 valence electrons. The average molecular weight is 193 g/mol. The van der Waals surface area contributed by atoms with Gasteiger partial charge in [0.1, 0.15) is 0 Å². The summed E-state index contributed by atoms with van der Waals surface area (Å²) in [7, 11) is 0. The predicted molar refractivity (Wildman–Crippen MR) is 59.7 cm³/mol. The third kappa shape index (κ3) is 3.46. The number of nitrogens with one attached hydrogen (secondary N) is 1. The lowest BCUT2D eigenvalue weighted by Crippen LogP contribution is -2.19. The van der Waals surface area contributed by atoms with Crippen LogP contribution in [0.15, 0.2) is 24.3 Å². The Balaban J connectivity index is 2.41. The van der Waals surface area contributed by atoms with Crippen molar-refractivity contribution in [2.24, 2.45) is 11.5 Å². The zero-order valence-electron chi connectivity index (χ0n) is 8.50. The molecule has 0 heterocycles. The molecule has 0 aliphatic rings. The number of hydrogen-bond acceptors (Lipinski definition) is 3. The molecule has 0 bridgehead atoms. The zero-order valence-corrected chi connectivity index (χ0v) is 8.50. The van der Waals surface area contributed by atoms with Crippen LogP contribution < -0.4 is 16.8 Å². The van der Waals surface area contributed by atoms with Gasteiger partial charge in [-0.05, 0) is 30.6 Å². The molecule has 3 heteroatoms. The van der Waals surface area contributed by atoms with E-state index in [2.05, 4.69) is 17.4 Å². The van der Waals surface area contributed by atoms with Crippen molar-refractivity contribution in [1.29, 1.82) is 0 Å². The fourth-order valence-corrected chi connectivity index (χ4v) is 1.38. The molecule has 5 N–H and O–H groups in total. The van der Waals surface area contributed by atoms with Gasteiger partial charge < -0.3 is 16.8 Å². The summed E-state index contributed by atoms with van der Waals surface area (Å²) in [5.41, 5.74) is 13.5. The molecule has 14 heavy (non-hydrogen) atoms. The van der Waals surface area contributed by atoms with Crippen LogP contribution in [-0.4, -0.2) is 13.1 Å². The van der Waals surface area contributed by atoms with E-state index in [1.165, 1.54) is 11.1 Å². The van der Waals surface area contributed by atoms with Crippen LogP contribution in [0.5, 0.6) is 0 Å². The fraction of sp³-hybridized carbons (Fsp3) is 0.455. The first-order chi connectivity index (χ1) is 6.88. The minimum atomic E-state index is 0.606. The molecule has 0 saturated carbocycles. The lowest BCUT2D eigenvalue weighted by molar-refractivity contribution is 0.652. The summed E-state index contributed by atoms with van der Waals surface area (Å²) in [6, 6.07) is 8.24. The normalized spacial score (nSPS) is 10.4. The fourth-order valence-electron chi connectivity index (χ4n) is 1.38. The van der Waals surface area contributed by atoms with Gasteiger partial charge in [0.05, 0.1) is 0 Å². The van der Waals surface area contributed by atoms with E-state index in [4.69, 9.17) is 11.5 Å². The van der Waals surface area contributed by atoms with Gasteiger partial charge in [0.2, 0.25) is 0 Å². The molecule has 0 amide bonds. The van der Waals surface area contributed by atoms with Gasteiger partial charge in [0.25, 0.3) is 0 Å². The van der Waals surface area contributed by atoms with Gasteiger partial charge >= 0.3 is 0 Å². The summed E-state index contributed by atoms with van der Waals surface area (Å²) in [6.45, 7) is 3.20. The molecule has 0 atom stereocenters. The van der Waals surface area contributed by atoms with E-state index in [1.807, 2.05) is 12.1 Å². The van der Waals surface area contributed by atoms with Crippen LogP contribution in [0.3, 0.4) is 0 Å². The molecule has 0 aliphatic heterocycles. The van der Waals surface area contributed by atoms with Crippen LogP contribution in [0, 0.1) is 0 Å². The number of hydrogen-bond donors (Lipinski definition) is 3. The Morgan fingerprint density at radius 3 is 2.43 bits per heavy atom. The summed E-state index contributed by atoms with van der Waals surface area (Å²) < 4.78 is 0. The van der Waals surface area contributed by atoms with Crippen molar-refractivity contribution in [1.82, 2.24) is 5.32 Å². The monoisotopic (exact) mass is 193 g/mol. The minimum absolute atomic E-state index is 0.606. The molecule has 0 aliphatic carbocycles. The lowest BCUT2D eigenvalue weighted by Gasteiger charge is -2.08. The van der Waals surface area contributed by atoms with E-state index in [0.29, 0.717) is 6.54 Å². The number of rotatable bonds is 6. The van der Waals surface area contributed by atoms with Crippen LogP contribution in [-0.2, 0) is 13.1 Å². The quantitative estimate of drug-likeness (QED) is 0.579. The second-order valence-corrected chi connectivity index (χ2v) is 3.29. The number of nitrogens with two attached hydrogens (primary N) is 2. The summed E-state index contributed by atoms with van der Waals surface area (Å²) >= 11 is 0. The Morgan fingerprint density at radius 2 is 1.79 bits per heavy atom. The van der Waals surface area contributed by atoms with Crippen molar-refractivity contribution in [2.45, 2.75) is 19.5 Å². The number of benzene rings is 1. The average Bonchev–Trinajstić information content (AvgIpc) is 2.25. The van der Waals surface area contributed by atoms with E-state index in [9.17, 15) is 0 Å². The second-order valence-electron chi connectivity index (χ2n) is 3.29. The second kappa shape index (κ2) is 6.54. The SMILES string of the molecule is NCCCNCc1ccccc1CN. The van der Waals surface area contributed by atoms with E-state index < -0.39 is 0 Å². The van der Waals surface area contributed by atoms with Crippen molar-refractivity contribution < 1.29 is 0 Å². The topological polar surface area (TPSA) is 64.1 Å². The van der Waals surface area contributed by atoms with E-state index in [1.54, 1.807) is 0 Å². The smallest absolute Gasteiger partial charge is 0.0208 e. The molecule has 1 aromatic rings. The first kappa shape index (κ1) is 11.2. The Labute approximate surface area is 85.5 Å². The maximum absolute atomic E-state index is 5.63. The Morgan fingerprint density at radius 1 is 1.07 bits per heavy atom. The largest absolute Gasteiger partial charge is 0.330 e. The molecule has 1 aromatic carbocycles. The van der Waals surface area contributed by atoms with Gasteiger partial charge in [-0.1, -0.05) is 24.3 Å². The first-order valence-electron chi connectivity index (χ1n) is 5.06. The first-order valence-corrected chi connectivity index (χ1v) is 5.06. The minimum Gasteiger partial charge on any atom is -0.330 e. The molecule has 3 nitrogen and oxygen atoms in total. The Kier molecular flexibility index (Phi) is 5.22. The summed E-state index contributed by atoms with van der Waals surface area (Å²) in [4.78, 5) is 0. The summed E-state index contributed by atoms with van der Waals surface area (Å²) in [6.07, 6.45) is 1.02. The van der Waals surface area contributed by atoms with Crippen molar-refractivity contribution in [3.63, 3.8) is 0 Å². The van der Waals surface area contributed by atoms with Crippen LogP contribution in [0.2, 0.25) is 0 Å². The van der Waals surface area contributed by atoms with Crippen LogP contribution in [0.25, 0.3) is 0 Å². The predicted octanol–water partition coefficient (Wildman–Crippen LogP) is 0.584. The van der Waals surface area contributed by atoms with Gasteiger partial charge in [0, 0.05) is 13.1 Å². The molecular weight excluding hydrogens is 174 g/mol. The summed E-state index contributed by atoms with van der Waals surface area (Å²) in [5, 5.41) is 3.34. The van der Waals surface area contributed by atoms with Crippen molar-refractivity contribution >= 4 is 0 Å². The molecule has 0 spiro atoms. The molecular formula is C11H19N3. The third-order valence-corrected chi connectivity index (χ3v) is 2.21. The highest BCUT2D eigenvalue weighted by Crippen LogP contribution is 2.06. The molecule has 1 rings (SSSR count). The lowest BCUT2D eigenvalue weighted by atomic mass is 10.1. The standard InChI is InChI=1S/C11H19N3/c12-6-3-7-14-9-11-5-2-1-4-10(11)8-13/h1-2,4-5,14H,3,6-9,12-13H2. The van der Waals surface area contributed by atoms with Gasteiger partial charge in [-0.25, -0.2) is 0 Å². The highest BCUT2D eigenvalue weighted by atomic mass is 14.8. The van der Waals surface area contributed by atoms with Gasteiger partial charge in [-0.15, -0.1) is 0 Å². The van der Waals surface area contributed by atoms with E-state index in [-0.39, 0.29) is 0 Å². The molecule has 0 saturated heterocycles. The van der Waals surface area contributed by atoms with Crippen LogP contribution in [0.4, 0.5) is 0 Å². The van der Waals surface area contributed by atoms with Crippen LogP contribution in [0.1, 0.15) is 17.5 Å². The van der Waals surface area contributed by atoms with Crippen molar-refractivity contribution in [3.8, 4) is 0 Å². The molecule has 0 unspecified atom stereocenters. The van der Waals surface area contributed by atoms with E-state index >= 15 is 0 Å². The van der Waals surface area contributed by atoms with Crippen molar-refractivity contribution in [3.05, 3.63) is 35.4 Å². The van der Waals surface area contributed by atoms with E-state index in [0.717, 1.165) is 26.1 Å². The maximum atomic E-state index is 5.63. The third-order valence-electron chi connectivity index (χ3n) is 2.21. The molecule has 0 radical (unpaired) electrons. The zero-order chi connectivity index (χ0) is 10.2. The van der Waals surface area contributed by atoms with Crippen LogP contribution >= 0.6 is 0 Å². The maximum Gasteiger partial charge on any atom is 0.0208 e. The molecule has 0 fully saturated rings. The summed E-state index contributed by atoms with van der Waals surface area (Å²) in [5.74, 6) is 0. The van der Waals surface area contributed by atoms with Gasteiger partial charge in [-0.2, -0.15) is 0 Å².